The average Bonchev–Trinajstić information content (AvgIpc) is 2.04. The molecule has 17 heavy (non-hydrogen) atoms. The molecule has 0 aliphatic carbocycles. The van der Waals surface area contributed by atoms with Crippen LogP contribution in [-0.4, -0.2) is 6.98 Å². The van der Waals surface area contributed by atoms with Gasteiger partial charge in [0, 0.05) is 0 Å². The van der Waals surface area contributed by atoms with E-state index >= 15 is 0 Å². The van der Waals surface area contributed by atoms with E-state index in [0.29, 0.717) is 0 Å². The molecule has 0 amide bonds. The molecule has 0 aliphatic rings. The van der Waals surface area contributed by atoms with Gasteiger partial charge in [0.25, 0.3) is 0 Å². The molecule has 0 aliphatic heterocycles. The van der Waals surface area contributed by atoms with Gasteiger partial charge in [-0.2, -0.15) is 13.2 Å². The number of alkyl halides is 3. The van der Waals surface area contributed by atoms with Crippen molar-refractivity contribution in [2.45, 2.75) is 19.4 Å². The van der Waals surface area contributed by atoms with E-state index in [1.807, 2.05) is 0 Å². The molecule has 0 saturated carbocycles. The molecule has 1 rings (SSSR count). The van der Waals surface area contributed by atoms with Gasteiger partial charge in [-0.05, 0) is 18.6 Å². The third-order valence-electron chi connectivity index (χ3n) is 2.20. The molecule has 0 fully saturated rings. The van der Waals surface area contributed by atoms with Crippen LogP contribution in [0.5, 0.6) is 0 Å². The molecule has 90 valence electrons. The predicted molar refractivity (Wildman–Crippen MR) is 49.0 cm³/mol. The smallest absolute Gasteiger partial charge is 0.449 e. The van der Waals surface area contributed by atoms with Gasteiger partial charge in [0.1, 0.15) is 0 Å². The first-order valence-electron chi connectivity index (χ1n) is 4.48. The molecule has 0 saturated heterocycles. The Hall–Kier alpha value is 0.501. The molecular formula is C9H8BF6K. The molecular weight excluding hydrogens is 272 g/mol. The maximum absolute atomic E-state index is 12.4. The van der Waals surface area contributed by atoms with Crippen LogP contribution in [0, 0.1) is 6.92 Å². The average molecular weight is 280 g/mol. The van der Waals surface area contributed by atoms with E-state index < -0.39 is 25.0 Å². The zero-order valence-corrected chi connectivity index (χ0v) is 12.4. The summed E-state index contributed by atoms with van der Waals surface area (Å²) in [5.74, 6) is 0. The minimum atomic E-state index is -5.12. The molecule has 0 radical (unpaired) electrons. The Balaban J connectivity index is 0.00000256. The molecule has 0 nitrogen and oxygen atoms in total. The fourth-order valence-electron chi connectivity index (χ4n) is 1.46. The van der Waals surface area contributed by atoms with Gasteiger partial charge in [0.05, 0.1) is 5.56 Å². The van der Waals surface area contributed by atoms with Crippen LogP contribution in [0.4, 0.5) is 26.1 Å². The zero-order chi connectivity index (χ0) is 12.6. The first-order chi connectivity index (χ1) is 7.11. The van der Waals surface area contributed by atoms with Crippen molar-refractivity contribution in [3.05, 3.63) is 34.9 Å². The molecule has 0 heterocycles. The SMILES string of the molecule is Cc1c(C[B-](F)(F)F)cccc1C(F)(F)F.[K+]. The second-order valence-electron chi connectivity index (χ2n) is 3.50. The minimum Gasteiger partial charge on any atom is -0.449 e. The second-order valence-corrected chi connectivity index (χ2v) is 3.50. The molecule has 8 heteroatoms. The summed E-state index contributed by atoms with van der Waals surface area (Å²) in [5.41, 5.74) is -1.68. The third-order valence-corrected chi connectivity index (χ3v) is 2.20. The van der Waals surface area contributed by atoms with Gasteiger partial charge >= 0.3 is 64.5 Å². The van der Waals surface area contributed by atoms with Gasteiger partial charge in [-0.15, -0.1) is 0 Å². The Morgan fingerprint density at radius 3 is 2.06 bits per heavy atom. The van der Waals surface area contributed by atoms with Crippen molar-refractivity contribution >= 4 is 6.98 Å². The van der Waals surface area contributed by atoms with Gasteiger partial charge < -0.3 is 12.9 Å². The zero-order valence-electron chi connectivity index (χ0n) is 9.28. The summed E-state index contributed by atoms with van der Waals surface area (Å²) in [6.07, 6.45) is -5.89. The summed E-state index contributed by atoms with van der Waals surface area (Å²) in [5, 5.41) is 0. The number of rotatable bonds is 2. The standard InChI is InChI=1S/C9H8BF6.K/c1-6-7(5-10(14,15)16)3-2-4-8(6)9(11,12)13;/h2-4H,5H2,1H3;/q-1;+1. The number of halogens is 6. The van der Waals surface area contributed by atoms with Crippen LogP contribution in [0.15, 0.2) is 18.2 Å². The molecule has 0 N–H and O–H groups in total. The molecule has 0 atom stereocenters. The van der Waals surface area contributed by atoms with E-state index in [4.69, 9.17) is 0 Å². The van der Waals surface area contributed by atoms with E-state index in [9.17, 15) is 26.1 Å². The first-order valence-corrected chi connectivity index (χ1v) is 4.48. The van der Waals surface area contributed by atoms with E-state index in [0.717, 1.165) is 25.1 Å². The second kappa shape index (κ2) is 6.10. The van der Waals surface area contributed by atoms with E-state index in [1.165, 1.54) is 0 Å². The molecule has 0 bridgehead atoms. The summed E-state index contributed by atoms with van der Waals surface area (Å²) in [6.45, 7) is -4.07. The Bertz CT molecular complexity index is 384. The van der Waals surface area contributed by atoms with E-state index in [2.05, 4.69) is 0 Å². The molecule has 0 spiro atoms. The first kappa shape index (κ1) is 17.5. The minimum absolute atomic E-state index is 0. The summed E-state index contributed by atoms with van der Waals surface area (Å²) >= 11 is 0. The van der Waals surface area contributed by atoms with Gasteiger partial charge in [0.2, 0.25) is 0 Å². The van der Waals surface area contributed by atoms with Crippen molar-refractivity contribution in [2.24, 2.45) is 0 Å². The third kappa shape index (κ3) is 5.34. The van der Waals surface area contributed by atoms with Crippen molar-refractivity contribution in [1.82, 2.24) is 0 Å². The topological polar surface area (TPSA) is 0 Å². The van der Waals surface area contributed by atoms with Gasteiger partial charge in [-0.3, -0.25) is 0 Å². The van der Waals surface area contributed by atoms with Crippen LogP contribution in [0.3, 0.4) is 0 Å². The summed E-state index contributed by atoms with van der Waals surface area (Å²) < 4.78 is 73.5. The van der Waals surface area contributed by atoms with E-state index in [1.54, 1.807) is 0 Å². The number of hydrogen-bond acceptors (Lipinski definition) is 0. The summed E-state index contributed by atoms with van der Waals surface area (Å²) in [7, 11) is 0. The normalized spacial score (nSPS) is 12.2. The number of benzene rings is 1. The van der Waals surface area contributed by atoms with Gasteiger partial charge in [-0.25, -0.2) is 0 Å². The van der Waals surface area contributed by atoms with Crippen molar-refractivity contribution in [2.75, 3.05) is 0 Å². The van der Waals surface area contributed by atoms with Gasteiger partial charge in [-0.1, -0.05) is 24.0 Å². The maximum atomic E-state index is 12.4. The monoisotopic (exact) mass is 280 g/mol. The van der Waals surface area contributed by atoms with Crippen LogP contribution in [0.2, 0.25) is 0 Å². The Morgan fingerprint density at radius 2 is 1.65 bits per heavy atom. The molecule has 1 aromatic rings. The fraction of sp³-hybridized carbons (Fsp3) is 0.333. The van der Waals surface area contributed by atoms with Gasteiger partial charge in [0.15, 0.2) is 0 Å². The Morgan fingerprint density at radius 1 is 1.12 bits per heavy atom. The van der Waals surface area contributed by atoms with Crippen LogP contribution in [0.1, 0.15) is 16.7 Å². The van der Waals surface area contributed by atoms with Crippen molar-refractivity contribution < 1.29 is 77.5 Å². The van der Waals surface area contributed by atoms with E-state index in [-0.39, 0.29) is 62.5 Å². The quantitative estimate of drug-likeness (QED) is 0.559. The number of hydrogen-bond donors (Lipinski definition) is 0. The summed E-state index contributed by atoms with van der Waals surface area (Å²) in [6, 6.07) is 2.84. The summed E-state index contributed by atoms with van der Waals surface area (Å²) in [4.78, 5) is 0. The van der Waals surface area contributed by atoms with Crippen molar-refractivity contribution in [3.8, 4) is 0 Å². The Kier molecular flexibility index (Phi) is 6.28. The maximum Gasteiger partial charge on any atom is 1.00 e. The molecule has 0 unspecified atom stereocenters. The Labute approximate surface area is 137 Å². The van der Waals surface area contributed by atoms with Crippen LogP contribution in [0.25, 0.3) is 0 Å². The predicted octanol–water partition coefficient (Wildman–Crippen LogP) is 0.947. The molecule has 1 aromatic carbocycles. The fourth-order valence-corrected chi connectivity index (χ4v) is 1.46. The van der Waals surface area contributed by atoms with Crippen LogP contribution in [-0.2, 0) is 12.5 Å². The van der Waals surface area contributed by atoms with Crippen LogP contribution < -0.4 is 51.4 Å². The largest absolute Gasteiger partial charge is 1.00 e. The molecule has 0 aromatic heterocycles. The van der Waals surface area contributed by atoms with Crippen molar-refractivity contribution in [1.29, 1.82) is 0 Å². The van der Waals surface area contributed by atoms with Crippen molar-refractivity contribution in [3.63, 3.8) is 0 Å². The van der Waals surface area contributed by atoms with Crippen LogP contribution >= 0.6 is 0 Å².